The summed E-state index contributed by atoms with van der Waals surface area (Å²) in [6, 6.07) is 0.782. The summed E-state index contributed by atoms with van der Waals surface area (Å²) < 4.78 is 12.5. The maximum absolute atomic E-state index is 14.0. The van der Waals surface area contributed by atoms with E-state index in [1.165, 1.54) is 70.2 Å². The Labute approximate surface area is 504 Å². The Morgan fingerprint density at radius 3 is 1.17 bits per heavy atom. The minimum Gasteiger partial charge on any atom is -0.481 e. The van der Waals surface area contributed by atoms with Gasteiger partial charge in [0, 0.05) is 53.0 Å². The van der Waals surface area contributed by atoms with Crippen molar-refractivity contribution in [2.24, 2.45) is 23.3 Å². The van der Waals surface area contributed by atoms with E-state index in [1.807, 2.05) is 0 Å². The molecule has 0 radical (unpaired) electrons. The van der Waals surface area contributed by atoms with Gasteiger partial charge < -0.3 is 94.1 Å². The van der Waals surface area contributed by atoms with Crippen molar-refractivity contribution in [2.45, 2.75) is 133 Å². The van der Waals surface area contributed by atoms with E-state index in [4.69, 9.17) is 31.2 Å². The van der Waals surface area contributed by atoms with E-state index in [-0.39, 0.29) is 39.6 Å². The molecule has 0 bridgehead atoms. The van der Waals surface area contributed by atoms with Crippen molar-refractivity contribution in [3.8, 4) is 11.5 Å². The Hall–Kier alpha value is -10.6. The van der Waals surface area contributed by atoms with Crippen molar-refractivity contribution in [1.82, 2.24) is 31.9 Å². The third-order valence-corrected chi connectivity index (χ3v) is 13.8. The van der Waals surface area contributed by atoms with E-state index in [1.54, 1.807) is 18.2 Å². The lowest BCUT2D eigenvalue weighted by atomic mass is 9.77. The highest BCUT2D eigenvalue weighted by Crippen LogP contribution is 2.56. The lowest BCUT2D eigenvalue weighted by Gasteiger charge is -2.37. The summed E-state index contributed by atoms with van der Waals surface area (Å²) in [5.41, 5.74) is 10.0. The van der Waals surface area contributed by atoms with Crippen molar-refractivity contribution >= 4 is 100 Å². The molecule has 5 rings (SSSR count). The third kappa shape index (κ3) is 18.2. The van der Waals surface area contributed by atoms with Gasteiger partial charge in [-0.05, 0) is 55.0 Å². The largest absolute Gasteiger partial charge is 0.481 e. The zero-order valence-corrected chi connectivity index (χ0v) is 48.0. The Bertz CT molecular complexity index is 3150. The smallest absolute Gasteiger partial charge is 0.340 e. The zero-order valence-electron chi connectivity index (χ0n) is 48.0. The molecule has 0 fully saturated rings. The number of hydrogen-bond donors (Lipinski definition) is 16. The van der Waals surface area contributed by atoms with E-state index < -0.39 is 206 Å². The highest BCUT2D eigenvalue weighted by molar-refractivity contribution is 6.03. The van der Waals surface area contributed by atoms with Gasteiger partial charge in [-0.1, -0.05) is 45.9 Å². The molecule has 8 amide bonds. The molecule has 18 N–H and O–H groups in total. The minimum absolute atomic E-state index is 0.102. The predicted molar refractivity (Wildman–Crippen MR) is 302 cm³/mol. The molecule has 89 heavy (non-hydrogen) atoms. The monoisotopic (exact) mass is 1250 g/mol. The van der Waals surface area contributed by atoms with Crippen LogP contribution in [0, 0.1) is 11.8 Å². The first kappa shape index (κ1) is 69.2. The van der Waals surface area contributed by atoms with Crippen molar-refractivity contribution in [3.63, 3.8) is 0 Å². The molecule has 2 aliphatic rings. The van der Waals surface area contributed by atoms with Gasteiger partial charge in [0.05, 0.1) is 43.3 Å². The van der Waals surface area contributed by atoms with E-state index in [9.17, 15) is 92.3 Å². The maximum atomic E-state index is 14.0. The summed E-state index contributed by atoms with van der Waals surface area (Å²) in [6.07, 6.45) is -6.20. The fraction of sp³-hybridized carbons (Fsp3) is 0.411. The van der Waals surface area contributed by atoms with Crippen LogP contribution in [-0.4, -0.2) is 168 Å². The normalized spacial score (nSPS) is 15.1. The number of nitrogens with two attached hydrogens (primary N) is 2. The van der Waals surface area contributed by atoms with Crippen molar-refractivity contribution in [2.75, 3.05) is 10.6 Å². The van der Waals surface area contributed by atoms with Crippen LogP contribution in [0.1, 0.15) is 106 Å². The van der Waals surface area contributed by atoms with Crippen LogP contribution in [0.15, 0.2) is 60.7 Å². The second-order valence-electron chi connectivity index (χ2n) is 21.3. The molecule has 0 unspecified atom stereocenters. The van der Waals surface area contributed by atoms with Crippen molar-refractivity contribution < 1.29 is 112 Å². The molecule has 0 aromatic heterocycles. The highest BCUT2D eigenvalue weighted by atomic mass is 16.6. The molecular formula is C56H66N10O23. The van der Waals surface area contributed by atoms with Crippen LogP contribution in [0.25, 0.3) is 0 Å². The third-order valence-electron chi connectivity index (χ3n) is 13.8. The van der Waals surface area contributed by atoms with Crippen LogP contribution in [0.2, 0.25) is 0 Å². The number of carboxylic acids is 6. The van der Waals surface area contributed by atoms with Crippen LogP contribution in [-0.2, 0) is 77.5 Å². The van der Waals surface area contributed by atoms with E-state index in [0.29, 0.717) is 5.56 Å². The molecule has 2 aliphatic heterocycles. The summed E-state index contributed by atoms with van der Waals surface area (Å²) in [5, 5.41) is 75.1. The summed E-state index contributed by atoms with van der Waals surface area (Å²) in [7, 11) is 0. The maximum Gasteiger partial charge on any atom is 0.340 e. The van der Waals surface area contributed by atoms with Gasteiger partial charge in [-0.25, -0.2) is 4.79 Å². The second-order valence-corrected chi connectivity index (χ2v) is 21.3. The molecule has 33 nitrogen and oxygen atoms in total. The summed E-state index contributed by atoms with van der Waals surface area (Å²) in [4.78, 5) is 191. The number of amides is 8. The Morgan fingerprint density at radius 2 is 0.809 bits per heavy atom. The van der Waals surface area contributed by atoms with Gasteiger partial charge in [-0.3, -0.25) is 67.1 Å². The standard InChI is InChI=1S/C56H66N10O23/c1-23(2)45(65-49(81)33(13-15-39(67)68)61-47(79)31(57)19-41(71)72)53(85)63-35(21-43(75)76)51(83)59-25-9-11-29-37(17-25)88-38-18-26(10-12-30(38)56(29)28-8-6-5-7-27(28)55(87)89-56)60-52(84)36(22-44(77)78)64-54(86)46(24(3)4)66-50(82)34(14-16-40(69)70)62-48(80)32(58)20-42(73)74/h5-12,17-18,23-24,31-36,45-46H,13-16,19-22,57-58H2,1-4H3,(H,59,83)(H,60,84)(H,61,79)(H,62,80)(H,63,85)(H,64,86)(H,65,81)(H,66,82)(H,67,68)(H,69,70)(H,71,72)(H,73,74)(H,75,76)(H,77,78)/t31-,32-,33-,34-,35-,36-,45-,46-/m0/s1. The molecule has 478 valence electrons. The Kier molecular flexibility index (Phi) is 23.5. The lowest BCUT2D eigenvalue weighted by molar-refractivity contribution is -0.141. The van der Waals surface area contributed by atoms with Gasteiger partial charge in [0.25, 0.3) is 0 Å². The Balaban J connectivity index is 1.42. The Morgan fingerprint density at radius 1 is 0.438 bits per heavy atom. The molecule has 2 heterocycles. The average Bonchev–Trinajstić information content (AvgIpc) is 1.64. The number of carbonyl (C=O) groups excluding carboxylic acids is 9. The number of benzene rings is 3. The van der Waals surface area contributed by atoms with Gasteiger partial charge in [-0.15, -0.1) is 0 Å². The molecule has 8 atom stereocenters. The number of ether oxygens (including phenoxy) is 2. The van der Waals surface area contributed by atoms with Gasteiger partial charge in [0.1, 0.15) is 47.8 Å². The number of carbonyl (C=O) groups is 15. The van der Waals surface area contributed by atoms with Crippen molar-refractivity contribution in [3.05, 3.63) is 82.9 Å². The van der Waals surface area contributed by atoms with Gasteiger partial charge >= 0.3 is 41.8 Å². The minimum atomic E-state index is -1.88. The number of anilines is 2. The van der Waals surface area contributed by atoms with Crippen LogP contribution in [0.3, 0.4) is 0 Å². The van der Waals surface area contributed by atoms with Crippen LogP contribution in [0.5, 0.6) is 11.5 Å². The number of hydrogen-bond acceptors (Lipinski definition) is 19. The molecule has 3 aromatic carbocycles. The van der Waals surface area contributed by atoms with Crippen LogP contribution in [0.4, 0.5) is 11.4 Å². The zero-order chi connectivity index (χ0) is 66.4. The van der Waals surface area contributed by atoms with E-state index >= 15 is 0 Å². The summed E-state index contributed by atoms with van der Waals surface area (Å²) >= 11 is 0. The first-order valence-corrected chi connectivity index (χ1v) is 27.3. The predicted octanol–water partition coefficient (Wildman–Crippen LogP) is -1.36. The lowest BCUT2D eigenvalue weighted by Crippen LogP contribution is -2.59. The molecular weight excluding hydrogens is 1180 g/mol. The number of esters is 1. The summed E-state index contributed by atoms with van der Waals surface area (Å²) in [5.74, 6) is -20.4. The SMILES string of the molecule is CC(C)[C@H](NC(=O)[C@H](CCC(=O)O)NC(=O)[C@@H](N)CC(=O)O)C(=O)N[C@@H](CC(=O)O)C(=O)Nc1ccc2c(c1)Oc1cc(NC(=O)[C@H](CC(=O)O)NC(=O)[C@@H](NC(=O)[C@H](CCC(=O)O)NC(=O)[C@@H](N)CC(=O)O)C(C)C)ccc1C21OC(=O)c2ccccc21. The quantitative estimate of drug-likeness (QED) is 0.0321. The first-order valence-electron chi connectivity index (χ1n) is 27.3. The van der Waals surface area contributed by atoms with Gasteiger partial charge in [0.15, 0.2) is 5.60 Å². The van der Waals surface area contributed by atoms with E-state index in [0.717, 1.165) is 0 Å². The highest BCUT2D eigenvalue weighted by Gasteiger charge is 2.54. The molecule has 33 heteroatoms. The van der Waals surface area contributed by atoms with Gasteiger partial charge in [-0.2, -0.15) is 0 Å². The fourth-order valence-corrected chi connectivity index (χ4v) is 9.35. The average molecular weight is 1250 g/mol. The molecule has 0 saturated heterocycles. The number of nitrogens with one attached hydrogen (secondary N) is 8. The summed E-state index contributed by atoms with van der Waals surface area (Å²) in [6.45, 7) is 5.82. The fourth-order valence-electron chi connectivity index (χ4n) is 9.35. The number of aliphatic carboxylic acids is 6. The van der Waals surface area contributed by atoms with Gasteiger partial charge in [0.2, 0.25) is 47.3 Å². The topological polar surface area (TPSA) is 544 Å². The number of fused-ring (bicyclic) bond motifs is 6. The first-order chi connectivity index (χ1) is 41.7. The molecule has 0 saturated carbocycles. The van der Waals surface area contributed by atoms with E-state index in [2.05, 4.69) is 42.5 Å². The molecule has 1 spiro atoms. The molecule has 0 aliphatic carbocycles. The number of carboxylic acid groups (broad SMARTS) is 6. The van der Waals surface area contributed by atoms with Crippen LogP contribution >= 0.6 is 0 Å². The molecule has 3 aromatic rings. The second kappa shape index (κ2) is 30.2. The van der Waals surface area contributed by atoms with Crippen molar-refractivity contribution in [1.29, 1.82) is 0 Å². The number of rotatable bonds is 32. The van der Waals surface area contributed by atoms with Crippen LogP contribution < -0.4 is 58.7 Å².